The third kappa shape index (κ3) is 12.2. The molecule has 1 saturated carbocycles. The first kappa shape index (κ1) is 49.8. The van der Waals surface area contributed by atoms with Gasteiger partial charge in [0.25, 0.3) is 11.7 Å². The molecule has 2 N–H and O–H groups in total. The minimum Gasteiger partial charge on any atom is -0.512 e. The molecular formula is C46H71NO12S. The van der Waals surface area contributed by atoms with E-state index >= 15 is 0 Å². The number of Topliss-reactive ketones (excluding diaryl/α,β-unsaturated/α-hetero) is 1. The van der Waals surface area contributed by atoms with Crippen LogP contribution in [0.4, 0.5) is 0 Å². The highest BCUT2D eigenvalue weighted by Crippen LogP contribution is 2.39. The van der Waals surface area contributed by atoms with E-state index in [1.54, 1.807) is 38.8 Å². The maximum Gasteiger partial charge on any atom is 0.329 e. The second-order valence-electron chi connectivity index (χ2n) is 17.5. The molecule has 13 unspecified atom stereocenters. The molecular weight excluding hydrogens is 791 g/mol. The van der Waals surface area contributed by atoms with Crippen LogP contribution in [0.5, 0.6) is 0 Å². The van der Waals surface area contributed by atoms with Gasteiger partial charge in [0.2, 0.25) is 5.79 Å². The SMILES string of the molecule is C=CCC1C=C(C)CC(C)CC(OC)C2OC(O)(C(=O)C(=O)N3CCCCC3C(=O)OC(C(C)=CC3CCC(OCSC)C(OC)C3)C(C)/C(O)=C\C1=O)C(C)CC2OC. The number of carbonyl (C=O) groups excluding carboxylic acids is 4. The van der Waals surface area contributed by atoms with Crippen molar-refractivity contribution in [2.24, 2.45) is 29.6 Å². The van der Waals surface area contributed by atoms with Crippen LogP contribution in [0.2, 0.25) is 0 Å². The fourth-order valence-electron chi connectivity index (χ4n) is 9.50. The van der Waals surface area contributed by atoms with Crippen molar-refractivity contribution in [1.82, 2.24) is 4.90 Å². The van der Waals surface area contributed by atoms with E-state index in [9.17, 15) is 29.4 Å². The highest BCUT2D eigenvalue weighted by molar-refractivity contribution is 7.98. The van der Waals surface area contributed by atoms with Crippen molar-refractivity contribution >= 4 is 35.2 Å². The van der Waals surface area contributed by atoms with Gasteiger partial charge in [0.15, 0.2) is 5.78 Å². The quantitative estimate of drug-likeness (QED) is 0.104. The summed E-state index contributed by atoms with van der Waals surface area (Å²) in [6.45, 7) is 13.1. The number of aliphatic hydroxyl groups is 2. The van der Waals surface area contributed by atoms with Crippen LogP contribution in [0.15, 0.2) is 47.8 Å². The minimum atomic E-state index is -2.51. The van der Waals surface area contributed by atoms with Gasteiger partial charge in [-0.1, -0.05) is 44.6 Å². The molecule has 13 atom stereocenters. The molecule has 1 amide bonds. The summed E-state index contributed by atoms with van der Waals surface area (Å²) in [6, 6.07) is -1.15. The van der Waals surface area contributed by atoms with Gasteiger partial charge in [0, 0.05) is 45.8 Å². The first-order valence-corrected chi connectivity index (χ1v) is 23.0. The molecule has 2 saturated heterocycles. The number of nitrogens with zero attached hydrogens (tertiary/aromatic N) is 1. The molecule has 0 aromatic carbocycles. The van der Waals surface area contributed by atoms with Crippen LogP contribution in [0.25, 0.3) is 0 Å². The standard InChI is InChI=1S/C46H71NO12S/c1-11-14-33-20-27(2)19-28(3)21-39(55-8)42-40(56-9)23-30(5)46(53,59-42)43(50)44(51)47-18-13-12-15-34(47)45(52)58-41(31(6)35(48)25-36(33)49)29(4)22-32-16-17-37(57-26-60-10)38(24-32)54-7/h11,20,22,25,28,30-34,37-42,48,53H,1,12-19,21,23-24,26H2,2-10H3/b27-20?,29-22?,35-25+. The summed E-state index contributed by atoms with van der Waals surface area (Å²) in [5, 5.41) is 23.7. The largest absolute Gasteiger partial charge is 0.512 e. The number of piperidine rings is 1. The molecule has 3 aliphatic heterocycles. The molecule has 1 aliphatic carbocycles. The Hall–Kier alpha value is -2.85. The predicted molar refractivity (Wildman–Crippen MR) is 230 cm³/mol. The van der Waals surface area contributed by atoms with E-state index in [2.05, 4.69) is 6.58 Å². The number of esters is 1. The van der Waals surface area contributed by atoms with Crippen LogP contribution in [-0.2, 0) is 47.6 Å². The molecule has 338 valence electrons. The van der Waals surface area contributed by atoms with Crippen molar-refractivity contribution in [3.8, 4) is 0 Å². The number of cyclic esters (lactones) is 1. The zero-order chi connectivity index (χ0) is 44.3. The number of hydrogen-bond acceptors (Lipinski definition) is 13. The van der Waals surface area contributed by atoms with Crippen LogP contribution in [0, 0.1) is 29.6 Å². The first-order chi connectivity index (χ1) is 28.5. The van der Waals surface area contributed by atoms with Gasteiger partial charge in [-0.25, -0.2) is 4.79 Å². The highest BCUT2D eigenvalue weighted by Gasteiger charge is 2.56. The fraction of sp³-hybridized carbons (Fsp3) is 0.739. The van der Waals surface area contributed by atoms with Crippen molar-refractivity contribution in [3.05, 3.63) is 47.8 Å². The Morgan fingerprint density at radius 3 is 2.32 bits per heavy atom. The number of thioether (sulfide) groups is 1. The van der Waals surface area contributed by atoms with Crippen molar-refractivity contribution in [1.29, 1.82) is 0 Å². The van der Waals surface area contributed by atoms with Crippen molar-refractivity contribution in [2.45, 2.75) is 147 Å². The summed E-state index contributed by atoms with van der Waals surface area (Å²) in [7, 11) is 4.73. The van der Waals surface area contributed by atoms with Crippen LogP contribution in [0.1, 0.15) is 98.8 Å². The molecule has 4 aliphatic rings. The lowest BCUT2D eigenvalue weighted by atomic mass is 9.82. The maximum absolute atomic E-state index is 14.4. The second kappa shape index (κ2) is 23.0. The lowest BCUT2D eigenvalue weighted by molar-refractivity contribution is -0.302. The fourth-order valence-corrected chi connectivity index (χ4v) is 9.81. The van der Waals surface area contributed by atoms with Crippen LogP contribution in [-0.4, -0.2) is 127 Å². The Bertz CT molecular complexity index is 1600. The smallest absolute Gasteiger partial charge is 0.329 e. The van der Waals surface area contributed by atoms with Gasteiger partial charge in [-0.2, -0.15) is 0 Å². The van der Waals surface area contributed by atoms with Gasteiger partial charge >= 0.3 is 5.97 Å². The molecule has 60 heavy (non-hydrogen) atoms. The number of ether oxygens (including phenoxy) is 6. The molecule has 0 spiro atoms. The summed E-state index contributed by atoms with van der Waals surface area (Å²) in [5.74, 6) is -7.74. The zero-order valence-electron chi connectivity index (χ0n) is 37.3. The van der Waals surface area contributed by atoms with E-state index in [-0.39, 0.29) is 55.0 Å². The van der Waals surface area contributed by atoms with E-state index in [0.717, 1.165) is 18.4 Å². The number of ketones is 2. The number of aliphatic hydroxyl groups excluding tert-OH is 1. The number of hydrogen-bond donors (Lipinski definition) is 2. The molecule has 0 radical (unpaired) electrons. The van der Waals surface area contributed by atoms with E-state index in [4.69, 9.17) is 28.4 Å². The van der Waals surface area contributed by atoms with Crippen LogP contribution >= 0.6 is 11.8 Å². The lowest BCUT2D eigenvalue weighted by Gasteiger charge is -2.47. The van der Waals surface area contributed by atoms with Crippen LogP contribution < -0.4 is 0 Å². The highest BCUT2D eigenvalue weighted by atomic mass is 32.2. The molecule has 2 bridgehead atoms. The molecule has 0 aromatic heterocycles. The molecule has 13 nitrogen and oxygen atoms in total. The Balaban J connectivity index is 1.79. The van der Waals surface area contributed by atoms with Gasteiger partial charge in [-0.15, -0.1) is 18.3 Å². The molecule has 3 heterocycles. The summed E-state index contributed by atoms with van der Waals surface area (Å²) >= 11 is 1.60. The van der Waals surface area contributed by atoms with E-state index in [1.807, 2.05) is 39.2 Å². The summed E-state index contributed by atoms with van der Waals surface area (Å²) in [5.41, 5.74) is 1.60. The number of amides is 1. The second-order valence-corrected chi connectivity index (χ2v) is 18.3. The molecule has 0 aromatic rings. The minimum absolute atomic E-state index is 0.000446. The van der Waals surface area contributed by atoms with Gasteiger partial charge in [-0.05, 0) is 102 Å². The Morgan fingerprint density at radius 2 is 1.67 bits per heavy atom. The number of carbonyl (C=O) groups is 4. The number of methoxy groups -OCH3 is 3. The third-order valence-electron chi connectivity index (χ3n) is 12.9. The molecule has 4 rings (SSSR count). The maximum atomic E-state index is 14.4. The zero-order valence-corrected chi connectivity index (χ0v) is 38.1. The number of rotatable bonds is 10. The Kier molecular flexibility index (Phi) is 19.1. The van der Waals surface area contributed by atoms with Gasteiger partial charge in [-0.3, -0.25) is 14.4 Å². The third-order valence-corrected chi connectivity index (χ3v) is 13.3. The Labute approximate surface area is 361 Å². The van der Waals surface area contributed by atoms with Crippen molar-refractivity contribution < 1.29 is 57.8 Å². The summed E-state index contributed by atoms with van der Waals surface area (Å²) in [4.78, 5) is 58.1. The van der Waals surface area contributed by atoms with E-state index in [1.165, 1.54) is 25.2 Å². The van der Waals surface area contributed by atoms with Crippen molar-refractivity contribution in [2.75, 3.05) is 40.1 Å². The predicted octanol–water partition coefficient (Wildman–Crippen LogP) is 6.67. The van der Waals surface area contributed by atoms with E-state index in [0.29, 0.717) is 50.0 Å². The van der Waals surface area contributed by atoms with Gasteiger partial charge in [0.1, 0.15) is 24.0 Å². The normalized spacial score (nSPS) is 38.2. The monoisotopic (exact) mass is 861 g/mol. The summed E-state index contributed by atoms with van der Waals surface area (Å²) < 4.78 is 36.2. The summed E-state index contributed by atoms with van der Waals surface area (Å²) in [6.07, 6.45) is 10.7. The average Bonchev–Trinajstić information content (AvgIpc) is 3.23. The average molecular weight is 862 g/mol. The Morgan fingerprint density at radius 1 is 0.983 bits per heavy atom. The lowest BCUT2D eigenvalue weighted by Crippen LogP contribution is -2.64. The number of fused-ring (bicyclic) bond motifs is 3. The van der Waals surface area contributed by atoms with Crippen LogP contribution in [0.3, 0.4) is 0 Å². The topological polar surface area (TPSA) is 167 Å². The van der Waals surface area contributed by atoms with Crippen molar-refractivity contribution in [3.63, 3.8) is 0 Å². The molecule has 14 heteroatoms. The molecule has 3 fully saturated rings. The van der Waals surface area contributed by atoms with Gasteiger partial charge < -0.3 is 43.5 Å². The van der Waals surface area contributed by atoms with Gasteiger partial charge in [0.05, 0.1) is 36.3 Å². The first-order valence-electron chi connectivity index (χ1n) is 21.6. The van der Waals surface area contributed by atoms with E-state index < -0.39 is 71.7 Å². The number of allylic oxidation sites excluding steroid dienone is 5.